The molecule has 0 saturated carbocycles. The van der Waals surface area contributed by atoms with E-state index in [1.165, 1.54) is 4.90 Å². The smallest absolute Gasteiger partial charge is 0.317 e. The molecule has 18 heavy (non-hydrogen) atoms. The van der Waals surface area contributed by atoms with Crippen LogP contribution in [0.1, 0.15) is 12.6 Å². The molecule has 1 rings (SSSR count). The van der Waals surface area contributed by atoms with Gasteiger partial charge in [0.25, 0.3) is 0 Å². The highest BCUT2D eigenvalue weighted by Crippen LogP contribution is 1.98. The maximum Gasteiger partial charge on any atom is 0.317 e. The SMILES string of the molecule is CC(CN(C)C(=O)NCCc1cnc[nH]1)C(=O)O. The Balaban J connectivity index is 2.25. The molecule has 0 aliphatic carbocycles. The Morgan fingerprint density at radius 2 is 2.33 bits per heavy atom. The van der Waals surface area contributed by atoms with E-state index >= 15 is 0 Å². The summed E-state index contributed by atoms with van der Waals surface area (Å²) < 4.78 is 0. The van der Waals surface area contributed by atoms with E-state index in [1.54, 1.807) is 26.5 Å². The summed E-state index contributed by atoms with van der Waals surface area (Å²) in [5, 5.41) is 11.5. The van der Waals surface area contributed by atoms with Crippen LogP contribution in [0.15, 0.2) is 12.5 Å². The van der Waals surface area contributed by atoms with Crippen LogP contribution in [0, 0.1) is 5.92 Å². The summed E-state index contributed by atoms with van der Waals surface area (Å²) in [5.74, 6) is -1.49. The number of aromatic amines is 1. The first-order chi connectivity index (χ1) is 8.50. The lowest BCUT2D eigenvalue weighted by molar-refractivity contribution is -0.141. The lowest BCUT2D eigenvalue weighted by Crippen LogP contribution is -2.41. The summed E-state index contributed by atoms with van der Waals surface area (Å²) >= 11 is 0. The predicted octanol–water partition coefficient (Wildman–Crippen LogP) is 0.314. The summed E-state index contributed by atoms with van der Waals surface area (Å²) in [6.45, 7) is 2.23. The van der Waals surface area contributed by atoms with Gasteiger partial charge < -0.3 is 20.3 Å². The van der Waals surface area contributed by atoms with Gasteiger partial charge in [-0.2, -0.15) is 0 Å². The summed E-state index contributed by atoms with van der Waals surface area (Å²) in [5.41, 5.74) is 0.942. The number of carboxylic acids is 1. The lowest BCUT2D eigenvalue weighted by Gasteiger charge is -2.19. The maximum atomic E-state index is 11.6. The Bertz CT molecular complexity index is 391. The van der Waals surface area contributed by atoms with Crippen LogP contribution in [0.25, 0.3) is 0 Å². The molecule has 0 fully saturated rings. The van der Waals surface area contributed by atoms with Gasteiger partial charge in [0.2, 0.25) is 0 Å². The fourth-order valence-corrected chi connectivity index (χ4v) is 1.43. The average Bonchev–Trinajstić information content (AvgIpc) is 2.81. The zero-order chi connectivity index (χ0) is 13.5. The number of carboxylic acid groups (broad SMARTS) is 1. The molecule has 0 aliphatic rings. The zero-order valence-electron chi connectivity index (χ0n) is 10.5. The minimum absolute atomic E-state index is 0.186. The Labute approximate surface area is 105 Å². The highest BCUT2D eigenvalue weighted by atomic mass is 16.4. The Kier molecular flexibility index (Phi) is 5.16. The van der Waals surface area contributed by atoms with Crippen molar-refractivity contribution in [2.75, 3.05) is 20.1 Å². The molecule has 2 amide bonds. The first-order valence-electron chi connectivity index (χ1n) is 5.69. The summed E-state index contributed by atoms with van der Waals surface area (Å²) in [4.78, 5) is 30.5. The predicted molar refractivity (Wildman–Crippen MR) is 65.1 cm³/mol. The second-order valence-electron chi connectivity index (χ2n) is 4.18. The number of hydrogen-bond donors (Lipinski definition) is 3. The molecule has 3 N–H and O–H groups in total. The number of imidazole rings is 1. The van der Waals surface area contributed by atoms with Crippen LogP contribution in [0.2, 0.25) is 0 Å². The standard InChI is InChI=1S/C11H18N4O3/c1-8(10(16)17)6-15(2)11(18)13-4-3-9-5-12-7-14-9/h5,7-8H,3-4,6H2,1-2H3,(H,12,14)(H,13,18)(H,16,17). The second-order valence-corrected chi connectivity index (χ2v) is 4.18. The third-order valence-corrected chi connectivity index (χ3v) is 2.54. The van der Waals surface area contributed by atoms with Crippen molar-refractivity contribution in [3.63, 3.8) is 0 Å². The van der Waals surface area contributed by atoms with E-state index in [-0.39, 0.29) is 12.6 Å². The van der Waals surface area contributed by atoms with Gasteiger partial charge in [-0.25, -0.2) is 9.78 Å². The van der Waals surface area contributed by atoms with Crippen molar-refractivity contribution in [2.24, 2.45) is 5.92 Å². The highest BCUT2D eigenvalue weighted by molar-refractivity contribution is 5.75. The molecule has 0 spiro atoms. The zero-order valence-corrected chi connectivity index (χ0v) is 10.5. The van der Waals surface area contributed by atoms with E-state index in [1.807, 2.05) is 0 Å². The quantitative estimate of drug-likeness (QED) is 0.680. The maximum absolute atomic E-state index is 11.6. The highest BCUT2D eigenvalue weighted by Gasteiger charge is 2.16. The summed E-state index contributed by atoms with van der Waals surface area (Å²) in [6, 6.07) is -0.275. The Morgan fingerprint density at radius 1 is 1.61 bits per heavy atom. The molecular formula is C11H18N4O3. The molecule has 0 radical (unpaired) electrons. The Morgan fingerprint density at radius 3 is 2.89 bits per heavy atom. The molecule has 1 aromatic heterocycles. The molecule has 0 saturated heterocycles. The molecule has 0 aromatic carbocycles. The molecule has 0 bridgehead atoms. The fraction of sp³-hybridized carbons (Fsp3) is 0.545. The molecule has 1 heterocycles. The van der Waals surface area contributed by atoms with E-state index in [4.69, 9.17) is 5.11 Å². The third-order valence-electron chi connectivity index (χ3n) is 2.54. The monoisotopic (exact) mass is 254 g/mol. The van der Waals surface area contributed by atoms with Crippen LogP contribution in [0.5, 0.6) is 0 Å². The topological polar surface area (TPSA) is 98.3 Å². The number of carbonyl (C=O) groups is 2. The van der Waals surface area contributed by atoms with Crippen molar-refractivity contribution >= 4 is 12.0 Å². The van der Waals surface area contributed by atoms with Gasteiger partial charge >= 0.3 is 12.0 Å². The van der Waals surface area contributed by atoms with E-state index in [9.17, 15) is 9.59 Å². The first kappa shape index (κ1) is 14.0. The van der Waals surface area contributed by atoms with E-state index in [0.717, 1.165) is 5.69 Å². The molecule has 1 aromatic rings. The molecule has 7 nitrogen and oxygen atoms in total. The van der Waals surface area contributed by atoms with Crippen molar-refractivity contribution in [1.29, 1.82) is 0 Å². The first-order valence-corrected chi connectivity index (χ1v) is 5.69. The van der Waals surface area contributed by atoms with Gasteiger partial charge in [-0.3, -0.25) is 4.79 Å². The molecular weight excluding hydrogens is 236 g/mol. The number of nitrogens with one attached hydrogen (secondary N) is 2. The van der Waals surface area contributed by atoms with Gasteiger partial charge in [0.1, 0.15) is 0 Å². The molecule has 100 valence electrons. The Hall–Kier alpha value is -2.05. The number of hydrogen-bond acceptors (Lipinski definition) is 3. The molecule has 1 atom stereocenters. The van der Waals surface area contributed by atoms with Crippen LogP contribution in [-0.2, 0) is 11.2 Å². The van der Waals surface area contributed by atoms with Crippen LogP contribution in [0.4, 0.5) is 4.79 Å². The number of aliphatic carboxylic acids is 1. The molecule has 1 unspecified atom stereocenters. The third kappa shape index (κ3) is 4.44. The van der Waals surface area contributed by atoms with Gasteiger partial charge in [0.05, 0.1) is 12.2 Å². The van der Waals surface area contributed by atoms with Gasteiger partial charge in [-0.15, -0.1) is 0 Å². The largest absolute Gasteiger partial charge is 0.481 e. The summed E-state index contributed by atoms with van der Waals surface area (Å²) in [7, 11) is 1.57. The molecule has 7 heteroatoms. The number of urea groups is 1. The van der Waals surface area contributed by atoms with Crippen molar-refractivity contribution in [1.82, 2.24) is 20.2 Å². The normalized spacial score (nSPS) is 11.9. The van der Waals surface area contributed by atoms with E-state index in [0.29, 0.717) is 13.0 Å². The minimum Gasteiger partial charge on any atom is -0.481 e. The number of nitrogens with zero attached hydrogens (tertiary/aromatic N) is 2. The van der Waals surface area contributed by atoms with Gasteiger partial charge in [0.15, 0.2) is 0 Å². The number of carbonyl (C=O) groups excluding carboxylic acids is 1. The van der Waals surface area contributed by atoms with Crippen molar-refractivity contribution in [2.45, 2.75) is 13.3 Å². The van der Waals surface area contributed by atoms with Crippen LogP contribution in [-0.4, -0.2) is 52.1 Å². The number of amides is 2. The second kappa shape index (κ2) is 6.63. The van der Waals surface area contributed by atoms with Crippen molar-refractivity contribution in [3.8, 4) is 0 Å². The minimum atomic E-state index is -0.910. The van der Waals surface area contributed by atoms with Crippen molar-refractivity contribution in [3.05, 3.63) is 18.2 Å². The van der Waals surface area contributed by atoms with E-state index < -0.39 is 11.9 Å². The van der Waals surface area contributed by atoms with Crippen molar-refractivity contribution < 1.29 is 14.7 Å². The van der Waals surface area contributed by atoms with Gasteiger partial charge in [-0.05, 0) is 0 Å². The summed E-state index contributed by atoms with van der Waals surface area (Å²) in [6.07, 6.45) is 3.94. The van der Waals surface area contributed by atoms with Gasteiger partial charge in [-0.1, -0.05) is 6.92 Å². The van der Waals surface area contributed by atoms with Crippen LogP contribution >= 0.6 is 0 Å². The molecule has 0 aliphatic heterocycles. The van der Waals surface area contributed by atoms with Crippen LogP contribution in [0.3, 0.4) is 0 Å². The van der Waals surface area contributed by atoms with Crippen LogP contribution < -0.4 is 5.32 Å². The van der Waals surface area contributed by atoms with Gasteiger partial charge in [0, 0.05) is 38.4 Å². The number of aromatic nitrogens is 2. The fourth-order valence-electron chi connectivity index (χ4n) is 1.43. The average molecular weight is 254 g/mol. The lowest BCUT2D eigenvalue weighted by atomic mass is 10.2. The number of rotatable bonds is 6. The van der Waals surface area contributed by atoms with E-state index in [2.05, 4.69) is 15.3 Å². The number of H-pyrrole nitrogens is 1.